The average molecular weight is 673 g/mol. The summed E-state index contributed by atoms with van der Waals surface area (Å²) in [4.78, 5) is 25.0. The van der Waals surface area contributed by atoms with Gasteiger partial charge in [0.1, 0.15) is 6.61 Å². The molecule has 1 atom stereocenters. The predicted octanol–water partition coefficient (Wildman–Crippen LogP) is 12.9. The van der Waals surface area contributed by atoms with E-state index >= 15 is 0 Å². The van der Waals surface area contributed by atoms with Crippen LogP contribution >= 0.6 is 0 Å². The molecule has 5 nitrogen and oxygen atoms in total. The van der Waals surface area contributed by atoms with Crippen LogP contribution in [0.15, 0.2) is 48.6 Å². The van der Waals surface area contributed by atoms with Crippen LogP contribution in [0.25, 0.3) is 0 Å². The molecular formula is C43H76O5. The molecule has 0 N–H and O–H groups in total. The summed E-state index contributed by atoms with van der Waals surface area (Å²) in [6.45, 7) is 7.62. The van der Waals surface area contributed by atoms with Crippen LogP contribution in [0.3, 0.4) is 0 Å². The molecule has 0 radical (unpaired) electrons. The van der Waals surface area contributed by atoms with E-state index in [-0.39, 0.29) is 25.2 Å². The van der Waals surface area contributed by atoms with Crippen molar-refractivity contribution >= 4 is 11.9 Å². The smallest absolute Gasteiger partial charge is 0.306 e. The average Bonchev–Trinajstić information content (AvgIpc) is 3.08. The van der Waals surface area contributed by atoms with Gasteiger partial charge in [-0.1, -0.05) is 153 Å². The molecule has 0 aromatic rings. The first-order valence-electron chi connectivity index (χ1n) is 20.2. The minimum absolute atomic E-state index is 0.0724. The zero-order chi connectivity index (χ0) is 35.0. The first-order chi connectivity index (χ1) is 23.6. The van der Waals surface area contributed by atoms with Crippen molar-refractivity contribution in [2.24, 2.45) is 0 Å². The zero-order valence-corrected chi connectivity index (χ0v) is 31.7. The zero-order valence-electron chi connectivity index (χ0n) is 31.7. The highest BCUT2D eigenvalue weighted by Gasteiger charge is 2.17. The van der Waals surface area contributed by atoms with Gasteiger partial charge in [-0.3, -0.25) is 9.59 Å². The van der Waals surface area contributed by atoms with E-state index in [2.05, 4.69) is 69.4 Å². The van der Waals surface area contributed by atoms with Gasteiger partial charge in [0.25, 0.3) is 0 Å². The molecule has 0 amide bonds. The van der Waals surface area contributed by atoms with Gasteiger partial charge < -0.3 is 14.2 Å². The SMILES string of the molecule is CCC/C=C\C/C=C\CCCCCCCC(=O)OCC(COCCCCCCCC)OC(=O)CCCCCCC/C=C\C/C=C\CCC. The Labute approximate surface area is 297 Å². The summed E-state index contributed by atoms with van der Waals surface area (Å²) in [6, 6.07) is 0. The fraction of sp³-hybridized carbons (Fsp3) is 0.767. The molecule has 0 bridgehead atoms. The number of ether oxygens (including phenoxy) is 3. The Morgan fingerprint density at radius 1 is 0.458 bits per heavy atom. The second kappa shape index (κ2) is 39.3. The monoisotopic (exact) mass is 673 g/mol. The van der Waals surface area contributed by atoms with E-state index in [1.54, 1.807) is 0 Å². The van der Waals surface area contributed by atoms with Crippen molar-refractivity contribution in [3.63, 3.8) is 0 Å². The molecule has 1 unspecified atom stereocenters. The maximum Gasteiger partial charge on any atom is 0.306 e. The van der Waals surface area contributed by atoms with Crippen molar-refractivity contribution in [2.45, 2.75) is 194 Å². The summed E-state index contributed by atoms with van der Waals surface area (Å²) in [5, 5.41) is 0. The number of hydrogen-bond acceptors (Lipinski definition) is 5. The van der Waals surface area contributed by atoms with Crippen LogP contribution in [0.4, 0.5) is 0 Å². The molecule has 0 fully saturated rings. The molecular weight excluding hydrogens is 596 g/mol. The normalized spacial score (nSPS) is 12.6. The molecule has 0 saturated heterocycles. The topological polar surface area (TPSA) is 61.8 Å². The second-order valence-corrected chi connectivity index (χ2v) is 13.2. The third-order valence-electron chi connectivity index (χ3n) is 8.30. The van der Waals surface area contributed by atoms with Crippen molar-refractivity contribution in [3.05, 3.63) is 48.6 Å². The molecule has 0 aliphatic rings. The predicted molar refractivity (Wildman–Crippen MR) is 205 cm³/mol. The summed E-state index contributed by atoms with van der Waals surface area (Å²) in [5.74, 6) is -0.435. The maximum atomic E-state index is 12.6. The van der Waals surface area contributed by atoms with Crippen molar-refractivity contribution < 1.29 is 23.8 Å². The molecule has 0 saturated carbocycles. The van der Waals surface area contributed by atoms with Gasteiger partial charge in [-0.2, -0.15) is 0 Å². The molecule has 278 valence electrons. The van der Waals surface area contributed by atoms with Crippen molar-refractivity contribution in [2.75, 3.05) is 19.8 Å². The van der Waals surface area contributed by atoms with Gasteiger partial charge in [0.15, 0.2) is 6.10 Å². The van der Waals surface area contributed by atoms with E-state index in [0.29, 0.717) is 19.4 Å². The first-order valence-corrected chi connectivity index (χ1v) is 20.2. The minimum atomic E-state index is -0.541. The van der Waals surface area contributed by atoms with E-state index in [9.17, 15) is 9.59 Å². The van der Waals surface area contributed by atoms with E-state index in [1.807, 2.05) is 0 Å². The summed E-state index contributed by atoms with van der Waals surface area (Å²) in [6.07, 6.45) is 45.3. The number of carbonyl (C=O) groups excluding carboxylic acids is 2. The quantitative estimate of drug-likeness (QED) is 0.0376. The number of esters is 2. The highest BCUT2D eigenvalue weighted by Crippen LogP contribution is 2.12. The lowest BCUT2D eigenvalue weighted by Gasteiger charge is -2.18. The highest BCUT2D eigenvalue weighted by molar-refractivity contribution is 5.70. The van der Waals surface area contributed by atoms with E-state index < -0.39 is 6.10 Å². The second-order valence-electron chi connectivity index (χ2n) is 13.2. The van der Waals surface area contributed by atoms with Crippen molar-refractivity contribution in [1.82, 2.24) is 0 Å². The lowest BCUT2D eigenvalue weighted by atomic mass is 10.1. The molecule has 0 spiro atoms. The van der Waals surface area contributed by atoms with Gasteiger partial charge in [-0.25, -0.2) is 0 Å². The standard InChI is InChI=1S/C43H76O5/c1-4-7-10-13-16-18-20-22-24-26-28-30-33-36-42(44)47-40-41(39-46-38-35-32-15-12-9-6-3)48-43(45)37-34-31-29-27-25-23-21-19-17-14-11-8-5-2/h10-11,13-14,18-21,41H,4-9,12,15-17,22-40H2,1-3H3/b13-10-,14-11-,20-18-,21-19-. The van der Waals surface area contributed by atoms with Gasteiger partial charge in [-0.05, 0) is 70.6 Å². The van der Waals surface area contributed by atoms with Crippen LogP contribution in [-0.4, -0.2) is 37.9 Å². The Balaban J connectivity index is 4.21. The van der Waals surface area contributed by atoms with Crippen LogP contribution in [0.1, 0.15) is 188 Å². The highest BCUT2D eigenvalue weighted by atomic mass is 16.6. The molecule has 5 heteroatoms. The van der Waals surface area contributed by atoms with Gasteiger partial charge >= 0.3 is 11.9 Å². The molecule has 0 heterocycles. The fourth-order valence-electron chi connectivity index (χ4n) is 5.29. The summed E-state index contributed by atoms with van der Waals surface area (Å²) in [5.41, 5.74) is 0. The van der Waals surface area contributed by atoms with Crippen LogP contribution in [0.2, 0.25) is 0 Å². The summed E-state index contributed by atoms with van der Waals surface area (Å²) >= 11 is 0. The molecule has 48 heavy (non-hydrogen) atoms. The minimum Gasteiger partial charge on any atom is -0.462 e. The van der Waals surface area contributed by atoms with Crippen LogP contribution in [0.5, 0.6) is 0 Å². The van der Waals surface area contributed by atoms with Crippen LogP contribution in [-0.2, 0) is 23.8 Å². The lowest BCUT2D eigenvalue weighted by Crippen LogP contribution is -2.30. The molecule has 0 aliphatic carbocycles. The molecule has 0 rings (SSSR count). The van der Waals surface area contributed by atoms with Gasteiger partial charge in [0.2, 0.25) is 0 Å². The Bertz CT molecular complexity index is 812. The summed E-state index contributed by atoms with van der Waals surface area (Å²) in [7, 11) is 0. The molecule has 0 aliphatic heterocycles. The van der Waals surface area contributed by atoms with E-state index in [0.717, 1.165) is 77.0 Å². The first kappa shape index (κ1) is 45.9. The molecule has 0 aromatic heterocycles. The number of rotatable bonds is 36. The number of unbranched alkanes of at least 4 members (excludes halogenated alkanes) is 17. The van der Waals surface area contributed by atoms with Crippen LogP contribution in [0, 0.1) is 0 Å². The number of carbonyl (C=O) groups is 2. The third kappa shape index (κ3) is 36.7. The fourth-order valence-corrected chi connectivity index (χ4v) is 5.29. The Hall–Kier alpha value is -2.14. The molecule has 0 aromatic carbocycles. The summed E-state index contributed by atoms with van der Waals surface area (Å²) < 4.78 is 17.1. The third-order valence-corrected chi connectivity index (χ3v) is 8.30. The maximum absolute atomic E-state index is 12.6. The van der Waals surface area contributed by atoms with E-state index in [4.69, 9.17) is 14.2 Å². The van der Waals surface area contributed by atoms with Crippen molar-refractivity contribution in [1.29, 1.82) is 0 Å². The van der Waals surface area contributed by atoms with Crippen molar-refractivity contribution in [3.8, 4) is 0 Å². The largest absolute Gasteiger partial charge is 0.462 e. The Kier molecular flexibility index (Phi) is 37.5. The lowest BCUT2D eigenvalue weighted by molar-refractivity contribution is -0.163. The van der Waals surface area contributed by atoms with E-state index in [1.165, 1.54) is 77.0 Å². The number of allylic oxidation sites excluding steroid dienone is 8. The number of hydrogen-bond donors (Lipinski definition) is 0. The van der Waals surface area contributed by atoms with Gasteiger partial charge in [0.05, 0.1) is 6.61 Å². The van der Waals surface area contributed by atoms with Gasteiger partial charge in [0, 0.05) is 19.4 Å². The van der Waals surface area contributed by atoms with Gasteiger partial charge in [-0.15, -0.1) is 0 Å². The Morgan fingerprint density at radius 3 is 1.46 bits per heavy atom. The Morgan fingerprint density at radius 2 is 0.917 bits per heavy atom. The van der Waals surface area contributed by atoms with Crippen LogP contribution < -0.4 is 0 Å².